The van der Waals surface area contributed by atoms with Crippen LogP contribution in [0.1, 0.15) is 254 Å². The lowest BCUT2D eigenvalue weighted by Gasteiger charge is -2.26. The second-order valence-corrected chi connectivity index (χ2v) is 29.2. The van der Waals surface area contributed by atoms with Crippen LogP contribution in [0.4, 0.5) is 23.3 Å². The molecule has 698 valence electrons. The molecule has 4 aliphatic carbocycles. The SMILES string of the molecule is CC.CC.CC.CC.CC.CC.CC.CC.Cc1nn(C2CCCc3ccccc32)c2ncnc(N)c12.Cc1nn(C2CCCc3ccccc32)c2ncnc(N)c12.Cc1nn(C2CCCc3ccccc32)c2ncnc(N)c12.Cc1nn(C2CCCc3ccccc32)c2ncnc(N)c12.c1ccc2[nH]ccc2c1.c1ccc2[nH]ncc2c1.c1cnc2[nH]ccc2c1.c1cncnc1. The van der Waals surface area contributed by atoms with E-state index in [0.29, 0.717) is 23.3 Å². The second kappa shape index (κ2) is 54.9. The number of aromatic nitrogens is 23. The molecule has 133 heavy (non-hydrogen) atoms. The molecule has 13 heterocycles. The highest BCUT2D eigenvalue weighted by atomic mass is 15.4. The third-order valence-corrected chi connectivity index (χ3v) is 21.9. The number of anilines is 4. The van der Waals surface area contributed by atoms with Crippen molar-refractivity contribution in [2.45, 2.75) is 240 Å². The smallest absolute Gasteiger partial charge is 0.164 e. The van der Waals surface area contributed by atoms with Gasteiger partial charge in [0, 0.05) is 47.3 Å². The van der Waals surface area contributed by atoms with E-state index in [1.165, 1.54) is 113 Å². The summed E-state index contributed by atoms with van der Waals surface area (Å²) in [5, 5.41) is 32.7. The van der Waals surface area contributed by atoms with E-state index in [0.717, 1.165) is 140 Å². The van der Waals surface area contributed by atoms with Gasteiger partial charge in [0.2, 0.25) is 0 Å². The average molecular weight is 1790 g/mol. The molecule has 27 heteroatoms. The fraction of sp³-hybridized carbons (Fsp3) is 0.340. The van der Waals surface area contributed by atoms with Crippen LogP contribution in [0, 0.1) is 27.7 Å². The first-order chi connectivity index (χ1) is 65.4. The molecule has 4 unspecified atom stereocenters. The topological polar surface area (TPSA) is 377 Å². The van der Waals surface area contributed by atoms with Crippen LogP contribution in [-0.4, -0.2) is 114 Å². The van der Waals surface area contributed by atoms with Crippen molar-refractivity contribution in [1.29, 1.82) is 0 Å². The zero-order valence-corrected chi connectivity index (χ0v) is 81.6. The van der Waals surface area contributed by atoms with E-state index >= 15 is 0 Å². The van der Waals surface area contributed by atoms with Crippen molar-refractivity contribution < 1.29 is 0 Å². The first-order valence-corrected chi connectivity index (χ1v) is 47.5. The highest BCUT2D eigenvalue weighted by Gasteiger charge is 2.30. The summed E-state index contributed by atoms with van der Waals surface area (Å²) >= 11 is 0. The number of aromatic amines is 3. The lowest BCUT2D eigenvalue weighted by atomic mass is 9.88. The summed E-state index contributed by atoms with van der Waals surface area (Å²) in [4.78, 5) is 51.6. The van der Waals surface area contributed by atoms with Crippen LogP contribution in [0.2, 0.25) is 0 Å². The first-order valence-electron chi connectivity index (χ1n) is 47.5. The first kappa shape index (κ1) is 104. The molecule has 0 saturated carbocycles. The number of hydrogen-bond donors (Lipinski definition) is 7. The Morgan fingerprint density at radius 3 is 0.902 bits per heavy atom. The van der Waals surface area contributed by atoms with Crippen LogP contribution < -0.4 is 22.9 Å². The number of hydrogen-bond acceptors (Lipinski definition) is 20. The minimum absolute atomic E-state index is 0.237. The number of H-pyrrole nitrogens is 3. The zero-order valence-electron chi connectivity index (χ0n) is 81.6. The van der Waals surface area contributed by atoms with E-state index in [1.54, 1.807) is 24.7 Å². The van der Waals surface area contributed by atoms with Crippen LogP contribution in [-0.2, 0) is 25.7 Å². The van der Waals surface area contributed by atoms with Gasteiger partial charge in [-0.1, -0.05) is 244 Å². The predicted octanol–water partition coefficient (Wildman–Crippen LogP) is 24.6. The molecule has 6 aromatic carbocycles. The number of fused-ring (bicyclic) bond motifs is 11. The summed E-state index contributed by atoms with van der Waals surface area (Å²) in [6.45, 7) is 39.9. The van der Waals surface area contributed by atoms with Crippen molar-refractivity contribution in [3.8, 4) is 0 Å². The second-order valence-electron chi connectivity index (χ2n) is 29.2. The molecule has 0 amide bonds. The number of para-hydroxylation sites is 2. The molecule has 0 saturated heterocycles. The Labute approximate surface area is 784 Å². The molecule has 0 aliphatic heterocycles. The van der Waals surface area contributed by atoms with E-state index < -0.39 is 0 Å². The predicted molar refractivity (Wildman–Crippen MR) is 551 cm³/mol. The Morgan fingerprint density at radius 2 is 0.586 bits per heavy atom. The fourth-order valence-corrected chi connectivity index (χ4v) is 16.5. The van der Waals surface area contributed by atoms with Gasteiger partial charge in [-0.15, -0.1) is 0 Å². The van der Waals surface area contributed by atoms with Crippen LogP contribution in [0.15, 0.2) is 245 Å². The van der Waals surface area contributed by atoms with E-state index in [4.69, 9.17) is 43.3 Å². The Morgan fingerprint density at radius 1 is 0.286 bits per heavy atom. The zero-order chi connectivity index (χ0) is 96.1. The molecule has 27 nitrogen and oxygen atoms in total. The van der Waals surface area contributed by atoms with Gasteiger partial charge >= 0.3 is 0 Å². The monoisotopic (exact) mass is 1790 g/mol. The normalized spacial score (nSPS) is 14.1. The molecular weight excluding hydrogens is 1650 g/mol. The van der Waals surface area contributed by atoms with E-state index in [2.05, 4.69) is 190 Å². The molecule has 11 N–H and O–H groups in total. The number of pyridine rings is 1. The van der Waals surface area contributed by atoms with E-state index in [9.17, 15) is 0 Å². The number of nitrogens with zero attached hydrogens (tertiary/aromatic N) is 20. The highest BCUT2D eigenvalue weighted by molar-refractivity contribution is 5.91. The van der Waals surface area contributed by atoms with Crippen LogP contribution >= 0.6 is 0 Å². The van der Waals surface area contributed by atoms with Crippen molar-refractivity contribution in [2.24, 2.45) is 0 Å². The van der Waals surface area contributed by atoms with Gasteiger partial charge < -0.3 is 32.9 Å². The summed E-state index contributed by atoms with van der Waals surface area (Å²) in [6.07, 6.45) is 31.9. The number of rotatable bonds is 4. The summed E-state index contributed by atoms with van der Waals surface area (Å²) in [5.41, 5.74) is 45.2. The van der Waals surface area contributed by atoms with Crippen molar-refractivity contribution >= 4 is 100 Å². The van der Waals surface area contributed by atoms with Gasteiger partial charge in [0.05, 0.1) is 80.2 Å². The van der Waals surface area contributed by atoms with Gasteiger partial charge in [-0.05, 0) is 197 Å². The van der Waals surface area contributed by atoms with Gasteiger partial charge in [-0.25, -0.2) is 73.6 Å². The van der Waals surface area contributed by atoms with Crippen LogP contribution in [0.5, 0.6) is 0 Å². The molecule has 0 bridgehead atoms. The van der Waals surface area contributed by atoms with Gasteiger partial charge in [-0.3, -0.25) is 5.10 Å². The molecule has 0 radical (unpaired) electrons. The molecule has 0 spiro atoms. The number of nitrogen functional groups attached to an aromatic ring is 4. The Balaban J connectivity index is 0.000000188. The largest absolute Gasteiger partial charge is 0.383 e. The number of nitrogens with two attached hydrogens (primary N) is 4. The summed E-state index contributed by atoms with van der Waals surface area (Å²) in [5.74, 6) is 2.03. The maximum Gasteiger partial charge on any atom is 0.164 e. The quantitative estimate of drug-likeness (QED) is 0.0860. The van der Waals surface area contributed by atoms with Crippen molar-refractivity contribution in [3.05, 3.63) is 312 Å². The number of nitrogens with one attached hydrogen (secondary N) is 3. The lowest BCUT2D eigenvalue weighted by Crippen LogP contribution is -2.18. The summed E-state index contributed by atoms with van der Waals surface area (Å²) in [6, 6.07) is 61.4. The fourth-order valence-electron chi connectivity index (χ4n) is 16.5. The maximum atomic E-state index is 5.99. The van der Waals surface area contributed by atoms with Gasteiger partial charge in [0.15, 0.2) is 22.6 Å². The standard InChI is InChI=1S/4C16H17N5.C8H7N.2C7H6N2.C4H4N2.8C2H6/c4*1-10-14-15(17)18-9-19-16(14)21(20-10)13-8-4-6-11-5-2-3-7-12(11)13;1-2-4-8-7(3-1)5-6-9-8;1-2-6-3-5-9-7(6)8-4-1;1-2-4-7-6(3-1)5-8-9-7;1-2-5-4-6-3-1;8*1-2/h4*2-3,5,7,9,13H,4,6,8H2,1H3,(H2,17,18,19);1-6,9H;2*1-5H,(H,8,9);1-4H;8*1-2H3. The van der Waals surface area contributed by atoms with Crippen molar-refractivity contribution in [1.82, 2.24) is 114 Å². The van der Waals surface area contributed by atoms with E-state index in [1.807, 2.05) is 230 Å². The Kier molecular flexibility index (Phi) is 42.8. The molecule has 23 rings (SSSR count). The highest BCUT2D eigenvalue weighted by Crippen LogP contribution is 2.40. The molecule has 0 fully saturated rings. The summed E-state index contributed by atoms with van der Waals surface area (Å²) in [7, 11) is 0. The van der Waals surface area contributed by atoms with Crippen molar-refractivity contribution in [3.63, 3.8) is 0 Å². The Hall–Kier alpha value is -14.5. The number of aryl methyl sites for hydroxylation is 8. The van der Waals surface area contributed by atoms with E-state index in [-0.39, 0.29) is 24.2 Å². The number of benzene rings is 6. The van der Waals surface area contributed by atoms with Crippen LogP contribution in [0.3, 0.4) is 0 Å². The minimum Gasteiger partial charge on any atom is -0.383 e. The minimum atomic E-state index is 0.237. The van der Waals surface area contributed by atoms with Gasteiger partial charge in [0.25, 0.3) is 0 Å². The molecule has 4 aliphatic rings. The van der Waals surface area contributed by atoms with Gasteiger partial charge in [0.1, 0.15) is 60.6 Å². The van der Waals surface area contributed by atoms with Crippen LogP contribution in [0.25, 0.3) is 77.0 Å². The maximum absolute atomic E-state index is 5.99. The molecule has 13 aromatic heterocycles. The average Bonchev–Trinajstić information content (AvgIpc) is 1.63. The lowest BCUT2D eigenvalue weighted by molar-refractivity contribution is 0.458. The van der Waals surface area contributed by atoms with Gasteiger partial charge in [-0.2, -0.15) is 25.5 Å². The molecule has 19 aromatic rings. The van der Waals surface area contributed by atoms with Crippen molar-refractivity contribution in [2.75, 3.05) is 22.9 Å². The molecule has 4 atom stereocenters. The Bertz CT molecular complexity index is 5740. The summed E-state index contributed by atoms with van der Waals surface area (Å²) < 4.78 is 8.11. The third-order valence-electron chi connectivity index (χ3n) is 21.9. The third kappa shape index (κ3) is 25.8. The molecular formula is C106H139N27.